The minimum atomic E-state index is -0.115. The molecular weight excluding hydrogens is 235 g/mol. The largest absolute Gasteiger partial charge is 0.339 e. The molecule has 0 unspecified atom stereocenters. The topological polar surface area (TPSA) is 33.2 Å². The molecule has 0 aliphatic rings. The number of halogens is 2. The highest BCUT2D eigenvalue weighted by Crippen LogP contribution is 2.20. The van der Waals surface area contributed by atoms with Crippen LogP contribution >= 0.6 is 23.2 Å². The summed E-state index contributed by atoms with van der Waals surface area (Å²) in [5.74, 6) is -0.115. The molecule has 0 aliphatic carbocycles. The molecule has 1 rings (SSSR count). The van der Waals surface area contributed by atoms with Crippen LogP contribution in [0, 0.1) is 0 Å². The fourth-order valence-electron chi connectivity index (χ4n) is 0.976. The highest BCUT2D eigenvalue weighted by Gasteiger charge is 2.15. The quantitative estimate of drug-likeness (QED) is 0.753. The summed E-state index contributed by atoms with van der Waals surface area (Å²) >= 11 is 11.4. The molecule has 1 amide bonds. The summed E-state index contributed by atoms with van der Waals surface area (Å²) in [5, 5.41) is 0.500. The average molecular weight is 247 g/mol. The Balaban J connectivity index is 2.97. The highest BCUT2D eigenvalue weighted by atomic mass is 35.5. The zero-order valence-electron chi connectivity index (χ0n) is 8.79. The van der Waals surface area contributed by atoms with Crippen molar-refractivity contribution in [1.82, 2.24) is 9.88 Å². The number of rotatable bonds is 2. The van der Waals surface area contributed by atoms with Crippen molar-refractivity contribution in [2.45, 2.75) is 19.9 Å². The van der Waals surface area contributed by atoms with Gasteiger partial charge in [-0.15, -0.1) is 0 Å². The SMILES string of the molecule is CC(C)N(C)C(=O)c1cnc(Cl)c(Cl)c1. The van der Waals surface area contributed by atoms with Gasteiger partial charge in [0.1, 0.15) is 5.15 Å². The summed E-state index contributed by atoms with van der Waals surface area (Å²) in [7, 11) is 1.73. The van der Waals surface area contributed by atoms with E-state index < -0.39 is 0 Å². The van der Waals surface area contributed by atoms with Gasteiger partial charge in [-0.2, -0.15) is 0 Å². The third kappa shape index (κ3) is 2.83. The number of amides is 1. The first-order valence-corrected chi connectivity index (χ1v) is 5.27. The van der Waals surface area contributed by atoms with E-state index in [-0.39, 0.29) is 17.1 Å². The predicted octanol–water partition coefficient (Wildman–Crippen LogP) is 2.87. The van der Waals surface area contributed by atoms with Crippen LogP contribution in [0.4, 0.5) is 0 Å². The van der Waals surface area contributed by atoms with Gasteiger partial charge < -0.3 is 4.90 Å². The number of carbonyl (C=O) groups is 1. The first-order valence-electron chi connectivity index (χ1n) is 4.51. The first kappa shape index (κ1) is 12.3. The molecule has 0 aromatic carbocycles. The number of hydrogen-bond acceptors (Lipinski definition) is 2. The van der Waals surface area contributed by atoms with Gasteiger partial charge in [0, 0.05) is 19.3 Å². The van der Waals surface area contributed by atoms with Crippen molar-refractivity contribution in [1.29, 1.82) is 0 Å². The minimum Gasteiger partial charge on any atom is -0.339 e. The van der Waals surface area contributed by atoms with Crippen LogP contribution in [0.2, 0.25) is 10.2 Å². The van der Waals surface area contributed by atoms with Gasteiger partial charge in [-0.05, 0) is 19.9 Å². The van der Waals surface area contributed by atoms with Crippen LogP contribution in [0.1, 0.15) is 24.2 Å². The van der Waals surface area contributed by atoms with E-state index >= 15 is 0 Å². The van der Waals surface area contributed by atoms with Crippen molar-refractivity contribution < 1.29 is 4.79 Å². The molecule has 0 aliphatic heterocycles. The summed E-state index contributed by atoms with van der Waals surface area (Å²) in [4.78, 5) is 17.3. The molecule has 0 atom stereocenters. The lowest BCUT2D eigenvalue weighted by Gasteiger charge is -2.21. The predicted molar refractivity (Wildman–Crippen MR) is 61.5 cm³/mol. The van der Waals surface area contributed by atoms with E-state index in [0.29, 0.717) is 10.6 Å². The molecule has 5 heteroatoms. The van der Waals surface area contributed by atoms with Gasteiger partial charge in [0.15, 0.2) is 0 Å². The normalized spacial score (nSPS) is 10.5. The second kappa shape index (κ2) is 4.81. The minimum absolute atomic E-state index is 0.115. The number of pyridine rings is 1. The van der Waals surface area contributed by atoms with Crippen LogP contribution in [0.3, 0.4) is 0 Å². The molecule has 1 aromatic rings. The molecule has 1 heterocycles. The highest BCUT2D eigenvalue weighted by molar-refractivity contribution is 6.41. The third-order valence-corrected chi connectivity index (χ3v) is 2.82. The van der Waals surface area contributed by atoms with E-state index in [0.717, 1.165) is 0 Å². The van der Waals surface area contributed by atoms with Crippen molar-refractivity contribution in [2.75, 3.05) is 7.05 Å². The fraction of sp³-hybridized carbons (Fsp3) is 0.400. The Bertz CT molecular complexity index is 380. The summed E-state index contributed by atoms with van der Waals surface area (Å²) in [6.45, 7) is 3.87. The Morgan fingerprint density at radius 3 is 2.53 bits per heavy atom. The van der Waals surface area contributed by atoms with Crippen molar-refractivity contribution in [2.24, 2.45) is 0 Å². The first-order chi connectivity index (χ1) is 6.93. The molecule has 15 heavy (non-hydrogen) atoms. The zero-order valence-corrected chi connectivity index (χ0v) is 10.3. The van der Waals surface area contributed by atoms with Gasteiger partial charge in [-0.3, -0.25) is 4.79 Å². The number of nitrogens with zero attached hydrogens (tertiary/aromatic N) is 2. The van der Waals surface area contributed by atoms with Crippen molar-refractivity contribution in [3.63, 3.8) is 0 Å². The van der Waals surface area contributed by atoms with E-state index in [1.54, 1.807) is 11.9 Å². The van der Waals surface area contributed by atoms with Crippen LogP contribution in [-0.4, -0.2) is 28.9 Å². The molecule has 0 spiro atoms. The Kier molecular flexibility index (Phi) is 3.94. The van der Waals surface area contributed by atoms with Crippen LogP contribution in [0.25, 0.3) is 0 Å². The van der Waals surface area contributed by atoms with Crippen LogP contribution < -0.4 is 0 Å². The Morgan fingerprint density at radius 2 is 2.07 bits per heavy atom. The van der Waals surface area contributed by atoms with E-state index in [1.807, 2.05) is 13.8 Å². The standard InChI is InChI=1S/C10H12Cl2N2O/c1-6(2)14(3)10(15)7-4-8(11)9(12)13-5-7/h4-6H,1-3H3. The maximum absolute atomic E-state index is 11.8. The molecule has 1 aromatic heterocycles. The van der Waals surface area contributed by atoms with E-state index in [4.69, 9.17) is 23.2 Å². The van der Waals surface area contributed by atoms with Gasteiger partial charge in [-0.1, -0.05) is 23.2 Å². The monoisotopic (exact) mass is 246 g/mol. The lowest BCUT2D eigenvalue weighted by atomic mass is 10.2. The maximum Gasteiger partial charge on any atom is 0.255 e. The average Bonchev–Trinajstić information content (AvgIpc) is 2.19. The second-order valence-electron chi connectivity index (χ2n) is 3.51. The van der Waals surface area contributed by atoms with Crippen molar-refractivity contribution in [3.05, 3.63) is 28.0 Å². The van der Waals surface area contributed by atoms with Gasteiger partial charge in [-0.25, -0.2) is 4.98 Å². The van der Waals surface area contributed by atoms with Gasteiger partial charge >= 0.3 is 0 Å². The third-order valence-electron chi connectivity index (χ3n) is 2.14. The lowest BCUT2D eigenvalue weighted by Crippen LogP contribution is -2.33. The maximum atomic E-state index is 11.8. The molecular formula is C10H12Cl2N2O. The van der Waals surface area contributed by atoms with E-state index in [1.165, 1.54) is 12.3 Å². The van der Waals surface area contributed by atoms with Gasteiger partial charge in [0.05, 0.1) is 10.6 Å². The number of aromatic nitrogens is 1. The van der Waals surface area contributed by atoms with E-state index in [2.05, 4.69) is 4.98 Å². The fourth-order valence-corrected chi connectivity index (χ4v) is 1.25. The summed E-state index contributed by atoms with van der Waals surface area (Å²) < 4.78 is 0. The lowest BCUT2D eigenvalue weighted by molar-refractivity contribution is 0.0754. The summed E-state index contributed by atoms with van der Waals surface area (Å²) in [5.41, 5.74) is 0.445. The van der Waals surface area contributed by atoms with Gasteiger partial charge in [0.25, 0.3) is 5.91 Å². The van der Waals surface area contributed by atoms with Crippen LogP contribution in [0.15, 0.2) is 12.3 Å². The molecule has 0 N–H and O–H groups in total. The van der Waals surface area contributed by atoms with Crippen LogP contribution in [0.5, 0.6) is 0 Å². The second-order valence-corrected chi connectivity index (χ2v) is 4.27. The van der Waals surface area contributed by atoms with Crippen molar-refractivity contribution in [3.8, 4) is 0 Å². The van der Waals surface area contributed by atoms with Crippen molar-refractivity contribution >= 4 is 29.1 Å². The molecule has 0 saturated heterocycles. The molecule has 0 radical (unpaired) electrons. The Hall–Kier alpha value is -0.800. The summed E-state index contributed by atoms with van der Waals surface area (Å²) in [6, 6.07) is 1.66. The Labute approximate surface area is 99.0 Å². The molecule has 0 bridgehead atoms. The van der Waals surface area contributed by atoms with Gasteiger partial charge in [0.2, 0.25) is 0 Å². The molecule has 0 fully saturated rings. The zero-order chi connectivity index (χ0) is 11.6. The smallest absolute Gasteiger partial charge is 0.255 e. The summed E-state index contributed by atoms with van der Waals surface area (Å²) in [6.07, 6.45) is 1.43. The number of carbonyl (C=O) groups excluding carboxylic acids is 1. The van der Waals surface area contributed by atoms with E-state index in [9.17, 15) is 4.79 Å². The molecule has 3 nitrogen and oxygen atoms in total. The number of hydrogen-bond donors (Lipinski definition) is 0. The van der Waals surface area contributed by atoms with Crippen LogP contribution in [-0.2, 0) is 0 Å². The molecule has 82 valence electrons. The Morgan fingerprint density at radius 1 is 1.47 bits per heavy atom. The molecule has 0 saturated carbocycles.